The molecular weight excluding hydrogens is 497 g/mol. The number of benzene rings is 3. The van der Waals surface area contributed by atoms with E-state index in [9.17, 15) is 17.6 Å². The first kappa shape index (κ1) is 24.5. The summed E-state index contributed by atoms with van der Waals surface area (Å²) in [5.74, 6) is -0.461. The summed E-state index contributed by atoms with van der Waals surface area (Å²) in [4.78, 5) is 19.8. The Bertz CT molecular complexity index is 1490. The first-order chi connectivity index (χ1) is 17.3. The molecular formula is C27H26FN3O3S2. The van der Waals surface area contributed by atoms with Crippen LogP contribution in [-0.4, -0.2) is 36.7 Å². The second kappa shape index (κ2) is 10.1. The second-order valence-electron chi connectivity index (χ2n) is 9.09. The number of hydrogen-bond acceptors (Lipinski definition) is 5. The van der Waals surface area contributed by atoms with Crippen molar-refractivity contribution in [2.45, 2.75) is 31.2 Å². The zero-order chi connectivity index (χ0) is 25.3. The lowest BCUT2D eigenvalue weighted by atomic mass is 10.0. The van der Waals surface area contributed by atoms with Crippen LogP contribution in [0.3, 0.4) is 0 Å². The normalized spacial score (nSPS) is 16.8. The second-order valence-corrected chi connectivity index (χ2v) is 12.0. The van der Waals surface area contributed by atoms with E-state index in [0.29, 0.717) is 34.4 Å². The molecule has 1 unspecified atom stereocenters. The van der Waals surface area contributed by atoms with Gasteiger partial charge in [0, 0.05) is 18.7 Å². The minimum atomic E-state index is -3.62. The smallest absolute Gasteiger partial charge is 0.260 e. The van der Waals surface area contributed by atoms with E-state index in [1.165, 1.54) is 50.9 Å². The molecule has 1 amide bonds. The highest BCUT2D eigenvalue weighted by atomic mass is 32.2. The van der Waals surface area contributed by atoms with Crippen LogP contribution in [0.4, 0.5) is 9.52 Å². The number of anilines is 1. The van der Waals surface area contributed by atoms with Gasteiger partial charge >= 0.3 is 0 Å². The Labute approximate surface area is 214 Å². The molecule has 186 valence electrons. The Hall–Kier alpha value is -3.14. The lowest BCUT2D eigenvalue weighted by Crippen LogP contribution is -2.39. The predicted octanol–water partition coefficient (Wildman–Crippen LogP) is 5.70. The Morgan fingerprint density at radius 2 is 1.83 bits per heavy atom. The molecule has 0 spiro atoms. The van der Waals surface area contributed by atoms with Crippen LogP contribution < -0.4 is 4.90 Å². The molecule has 0 aliphatic carbocycles. The zero-order valence-electron chi connectivity index (χ0n) is 19.8. The van der Waals surface area contributed by atoms with Crippen LogP contribution in [0.15, 0.2) is 77.7 Å². The summed E-state index contributed by atoms with van der Waals surface area (Å²) in [7, 11) is -3.62. The lowest BCUT2D eigenvalue weighted by molar-refractivity contribution is 0.0985. The number of rotatable bonds is 6. The van der Waals surface area contributed by atoms with E-state index in [-0.39, 0.29) is 22.9 Å². The zero-order valence-corrected chi connectivity index (χ0v) is 21.4. The van der Waals surface area contributed by atoms with E-state index in [0.717, 1.165) is 18.4 Å². The molecule has 36 heavy (non-hydrogen) atoms. The predicted molar refractivity (Wildman–Crippen MR) is 140 cm³/mol. The summed E-state index contributed by atoms with van der Waals surface area (Å²) in [6.45, 7) is 3.31. The SMILES string of the molecule is CC1CCCN(S(=O)(=O)c2ccc(C(=O)N(Cc3ccccc3)c3nc4c(F)cccc4s3)cc2)C1. The van der Waals surface area contributed by atoms with Crippen LogP contribution in [-0.2, 0) is 16.6 Å². The van der Waals surface area contributed by atoms with Crippen molar-refractivity contribution in [1.82, 2.24) is 9.29 Å². The van der Waals surface area contributed by atoms with Crippen LogP contribution in [0, 0.1) is 11.7 Å². The highest BCUT2D eigenvalue weighted by Gasteiger charge is 2.29. The largest absolute Gasteiger partial charge is 0.279 e. The molecule has 2 heterocycles. The number of amides is 1. The quantitative estimate of drug-likeness (QED) is 0.325. The van der Waals surface area contributed by atoms with Gasteiger partial charge < -0.3 is 0 Å². The maximum Gasteiger partial charge on any atom is 0.260 e. The van der Waals surface area contributed by atoms with Crippen LogP contribution in [0.5, 0.6) is 0 Å². The number of piperidine rings is 1. The molecule has 0 N–H and O–H groups in total. The molecule has 3 aromatic carbocycles. The van der Waals surface area contributed by atoms with E-state index < -0.39 is 15.8 Å². The van der Waals surface area contributed by atoms with Gasteiger partial charge in [0.1, 0.15) is 11.3 Å². The average Bonchev–Trinajstić information content (AvgIpc) is 3.33. The Morgan fingerprint density at radius 3 is 2.53 bits per heavy atom. The maximum atomic E-state index is 14.3. The van der Waals surface area contributed by atoms with Crippen LogP contribution in [0.25, 0.3) is 10.2 Å². The highest BCUT2D eigenvalue weighted by Crippen LogP contribution is 2.32. The summed E-state index contributed by atoms with van der Waals surface area (Å²) >= 11 is 1.24. The first-order valence-electron chi connectivity index (χ1n) is 11.8. The van der Waals surface area contributed by atoms with Gasteiger partial charge in [-0.05, 0) is 60.7 Å². The average molecular weight is 524 g/mol. The summed E-state index contributed by atoms with van der Waals surface area (Å²) < 4.78 is 42.8. The fourth-order valence-corrected chi connectivity index (χ4v) is 7.03. The molecule has 1 atom stereocenters. The molecule has 0 saturated carbocycles. The Kier molecular flexibility index (Phi) is 6.87. The molecule has 1 aliphatic rings. The number of nitrogens with zero attached hydrogens (tertiary/aromatic N) is 3. The van der Waals surface area contributed by atoms with E-state index in [1.54, 1.807) is 12.1 Å². The van der Waals surface area contributed by atoms with Crippen LogP contribution >= 0.6 is 11.3 Å². The van der Waals surface area contributed by atoms with E-state index >= 15 is 0 Å². The van der Waals surface area contributed by atoms with Crippen molar-refractivity contribution in [3.63, 3.8) is 0 Å². The number of carbonyl (C=O) groups is 1. The van der Waals surface area contributed by atoms with E-state index in [4.69, 9.17) is 0 Å². The van der Waals surface area contributed by atoms with Crippen LogP contribution in [0.1, 0.15) is 35.7 Å². The molecule has 1 aromatic heterocycles. The van der Waals surface area contributed by atoms with Crippen molar-refractivity contribution in [2.24, 2.45) is 5.92 Å². The lowest BCUT2D eigenvalue weighted by Gasteiger charge is -2.30. The van der Waals surface area contributed by atoms with Crippen molar-refractivity contribution < 1.29 is 17.6 Å². The number of aromatic nitrogens is 1. The molecule has 6 nitrogen and oxygen atoms in total. The third-order valence-electron chi connectivity index (χ3n) is 6.38. The highest BCUT2D eigenvalue weighted by molar-refractivity contribution is 7.89. The molecule has 5 rings (SSSR count). The van der Waals surface area contributed by atoms with E-state index in [1.807, 2.05) is 30.3 Å². The molecule has 1 saturated heterocycles. The van der Waals surface area contributed by atoms with Gasteiger partial charge in [-0.25, -0.2) is 17.8 Å². The Morgan fingerprint density at radius 1 is 1.08 bits per heavy atom. The van der Waals surface area contributed by atoms with Gasteiger partial charge in [0.05, 0.1) is 16.1 Å². The number of carbonyl (C=O) groups excluding carboxylic acids is 1. The number of sulfonamides is 1. The minimum absolute atomic E-state index is 0.171. The number of fused-ring (bicyclic) bond motifs is 1. The first-order valence-corrected chi connectivity index (χ1v) is 14.1. The van der Waals surface area contributed by atoms with Gasteiger partial charge in [-0.3, -0.25) is 9.69 Å². The van der Waals surface area contributed by atoms with Crippen molar-refractivity contribution in [1.29, 1.82) is 0 Å². The van der Waals surface area contributed by atoms with Crippen molar-refractivity contribution in [3.05, 3.63) is 89.7 Å². The third kappa shape index (κ3) is 4.91. The van der Waals surface area contributed by atoms with Gasteiger partial charge in [-0.2, -0.15) is 4.31 Å². The molecule has 0 bridgehead atoms. The molecule has 4 aromatic rings. The maximum absolute atomic E-state index is 14.3. The van der Waals surface area contributed by atoms with Crippen molar-refractivity contribution in [2.75, 3.05) is 18.0 Å². The van der Waals surface area contributed by atoms with Crippen LogP contribution in [0.2, 0.25) is 0 Å². The molecule has 1 fully saturated rings. The summed E-state index contributed by atoms with van der Waals surface area (Å²) in [6, 6.07) is 20.3. The van der Waals surface area contributed by atoms with Gasteiger partial charge in [0.2, 0.25) is 10.0 Å². The summed E-state index contributed by atoms with van der Waals surface area (Å²) in [5, 5.41) is 0.378. The number of para-hydroxylation sites is 1. The summed E-state index contributed by atoms with van der Waals surface area (Å²) in [6.07, 6.45) is 1.86. The fourth-order valence-electron chi connectivity index (χ4n) is 4.45. The van der Waals surface area contributed by atoms with Gasteiger partial charge in [0.25, 0.3) is 5.91 Å². The van der Waals surface area contributed by atoms with Gasteiger partial charge in [-0.15, -0.1) is 0 Å². The Balaban J connectivity index is 1.46. The van der Waals surface area contributed by atoms with Crippen molar-refractivity contribution in [3.8, 4) is 0 Å². The molecule has 0 radical (unpaired) electrons. The fraction of sp³-hybridized carbons (Fsp3) is 0.259. The summed E-state index contributed by atoms with van der Waals surface area (Å²) in [5.41, 5.74) is 1.45. The third-order valence-corrected chi connectivity index (χ3v) is 9.30. The standard InChI is InChI=1S/C27H26FN3O3S2/c1-19-7-6-16-30(17-19)36(33,34)22-14-12-21(13-15-22)26(32)31(18-20-8-3-2-4-9-20)27-29-25-23(28)10-5-11-24(25)35-27/h2-5,8-15,19H,6-7,16-18H2,1H3. The van der Waals surface area contributed by atoms with E-state index in [2.05, 4.69) is 11.9 Å². The molecule has 9 heteroatoms. The van der Waals surface area contributed by atoms with Gasteiger partial charge in [-0.1, -0.05) is 54.7 Å². The molecule has 1 aliphatic heterocycles. The number of thiazole rings is 1. The van der Waals surface area contributed by atoms with Gasteiger partial charge in [0.15, 0.2) is 5.13 Å². The minimum Gasteiger partial charge on any atom is -0.279 e. The number of halogens is 1. The van der Waals surface area contributed by atoms with Crippen molar-refractivity contribution >= 4 is 42.6 Å². The monoisotopic (exact) mass is 523 g/mol. The topological polar surface area (TPSA) is 70.6 Å². The number of hydrogen-bond donors (Lipinski definition) is 0.